The number of rotatable bonds is 6. The number of hydrogen-bond acceptors (Lipinski definition) is 5. The number of ether oxygens (including phenoxy) is 1. The average Bonchev–Trinajstić information content (AvgIpc) is 3.39. The summed E-state index contributed by atoms with van der Waals surface area (Å²) < 4.78 is 6.29. The molecule has 0 radical (unpaired) electrons. The fourth-order valence-corrected chi connectivity index (χ4v) is 6.03. The van der Waals surface area contributed by atoms with Gasteiger partial charge in [-0.2, -0.15) is 0 Å². The maximum Gasteiger partial charge on any atom is 0.0993 e. The highest BCUT2D eigenvalue weighted by molar-refractivity contribution is 5.29. The maximum atomic E-state index is 10.7. The lowest BCUT2D eigenvalue weighted by atomic mass is 9.54. The summed E-state index contributed by atoms with van der Waals surface area (Å²) in [6.07, 6.45) is 8.09. The molecule has 2 saturated carbocycles. The molecule has 0 spiro atoms. The minimum Gasteiger partial charge on any atom is -0.396 e. The van der Waals surface area contributed by atoms with Crippen LogP contribution in [0.4, 0.5) is 0 Å². The zero-order valence-electron chi connectivity index (χ0n) is 19.2. The minimum atomic E-state index is -1.08. The molecule has 30 heavy (non-hydrogen) atoms. The van der Waals surface area contributed by atoms with Gasteiger partial charge in [-0.25, -0.2) is 0 Å². The molecular weight excluding hydrogens is 380 g/mol. The molecule has 3 rings (SSSR count). The number of aliphatic hydroxyl groups excluding tert-OH is 3. The van der Waals surface area contributed by atoms with Crippen molar-refractivity contribution in [1.29, 1.82) is 0 Å². The number of fused-ring (bicyclic) bond motifs is 3. The summed E-state index contributed by atoms with van der Waals surface area (Å²) in [7, 11) is 0. The van der Waals surface area contributed by atoms with E-state index in [-0.39, 0.29) is 47.9 Å². The van der Waals surface area contributed by atoms with E-state index in [2.05, 4.69) is 32.9 Å². The molecule has 2 aliphatic carbocycles. The van der Waals surface area contributed by atoms with Crippen molar-refractivity contribution in [3.63, 3.8) is 0 Å². The van der Waals surface area contributed by atoms with Gasteiger partial charge in [-0.15, -0.1) is 0 Å². The van der Waals surface area contributed by atoms with Gasteiger partial charge in [0, 0.05) is 18.4 Å². The molecule has 0 aromatic heterocycles. The lowest BCUT2D eigenvalue weighted by Crippen LogP contribution is -2.55. The zero-order valence-corrected chi connectivity index (χ0v) is 19.2. The van der Waals surface area contributed by atoms with Crippen LogP contribution in [0, 0.1) is 29.6 Å². The topological polar surface area (TPSA) is 93.5 Å². The first kappa shape index (κ1) is 23.7. The third kappa shape index (κ3) is 4.07. The van der Waals surface area contributed by atoms with Crippen LogP contribution in [0.3, 0.4) is 0 Å². The van der Waals surface area contributed by atoms with Crippen molar-refractivity contribution in [2.75, 3.05) is 6.61 Å². The fourth-order valence-electron chi connectivity index (χ4n) is 6.03. The first-order valence-electron chi connectivity index (χ1n) is 11.3. The van der Waals surface area contributed by atoms with Crippen molar-refractivity contribution in [3.8, 4) is 0 Å². The third-order valence-electron chi connectivity index (χ3n) is 8.12. The molecule has 0 unspecified atom stereocenters. The van der Waals surface area contributed by atoms with E-state index in [0.29, 0.717) is 12.8 Å². The highest BCUT2D eigenvalue weighted by Gasteiger charge is 2.70. The molecule has 1 aliphatic heterocycles. The van der Waals surface area contributed by atoms with Crippen molar-refractivity contribution < 1.29 is 25.2 Å². The van der Waals surface area contributed by atoms with Gasteiger partial charge in [-0.05, 0) is 70.8 Å². The van der Waals surface area contributed by atoms with Gasteiger partial charge in [-0.1, -0.05) is 36.8 Å². The van der Waals surface area contributed by atoms with Gasteiger partial charge in [0.15, 0.2) is 0 Å². The summed E-state index contributed by atoms with van der Waals surface area (Å²) in [6, 6.07) is 0. The Morgan fingerprint density at radius 1 is 1.23 bits per heavy atom. The first-order valence-corrected chi connectivity index (χ1v) is 11.3. The average molecular weight is 421 g/mol. The molecule has 5 nitrogen and oxygen atoms in total. The molecule has 0 aromatic rings. The molecule has 1 heterocycles. The van der Waals surface area contributed by atoms with E-state index in [0.717, 1.165) is 5.57 Å². The van der Waals surface area contributed by atoms with E-state index in [1.54, 1.807) is 6.92 Å². The van der Waals surface area contributed by atoms with Crippen LogP contribution in [0.5, 0.6) is 0 Å². The van der Waals surface area contributed by atoms with Gasteiger partial charge in [0.05, 0.1) is 29.5 Å². The molecule has 4 N–H and O–H groups in total. The number of hydrogen-bond donors (Lipinski definition) is 4. The second-order valence-corrected chi connectivity index (χ2v) is 10.4. The largest absolute Gasteiger partial charge is 0.396 e. The van der Waals surface area contributed by atoms with Crippen LogP contribution in [0.1, 0.15) is 54.4 Å². The molecule has 0 amide bonds. The SMILES string of the molecule is C/C=C(\C)[C@H]1[C@@H](/C=C/C=C(\C)[C@H](O)[C@H](C)CO)[C@@H]2C[C@@H](O)[C@](C)(O)C[C@H]2[C@@H]2O[C@@]21C. The van der Waals surface area contributed by atoms with Crippen molar-refractivity contribution >= 4 is 0 Å². The monoisotopic (exact) mass is 420 g/mol. The van der Waals surface area contributed by atoms with Crippen molar-refractivity contribution in [1.82, 2.24) is 0 Å². The van der Waals surface area contributed by atoms with Gasteiger partial charge in [0.2, 0.25) is 0 Å². The number of epoxide rings is 1. The summed E-state index contributed by atoms with van der Waals surface area (Å²) in [5.74, 6) is 0.635. The first-order chi connectivity index (χ1) is 14.0. The number of allylic oxidation sites excluding steroid dienone is 4. The Balaban J connectivity index is 1.92. The van der Waals surface area contributed by atoms with Gasteiger partial charge in [0.25, 0.3) is 0 Å². The second kappa shape index (κ2) is 8.51. The molecule has 170 valence electrons. The Morgan fingerprint density at radius 3 is 2.50 bits per heavy atom. The van der Waals surface area contributed by atoms with Crippen LogP contribution < -0.4 is 0 Å². The molecule has 3 aliphatic rings. The molecule has 1 saturated heterocycles. The summed E-state index contributed by atoms with van der Waals surface area (Å²) in [5.41, 5.74) is 0.785. The van der Waals surface area contributed by atoms with Crippen LogP contribution in [-0.4, -0.2) is 56.5 Å². The van der Waals surface area contributed by atoms with Crippen LogP contribution >= 0.6 is 0 Å². The molecule has 5 heteroatoms. The van der Waals surface area contributed by atoms with Gasteiger partial charge in [-0.3, -0.25) is 0 Å². The van der Waals surface area contributed by atoms with E-state index in [1.807, 2.05) is 26.0 Å². The van der Waals surface area contributed by atoms with Crippen molar-refractivity contribution in [3.05, 3.63) is 35.5 Å². The molecule has 3 fully saturated rings. The highest BCUT2D eigenvalue weighted by atomic mass is 16.6. The van der Waals surface area contributed by atoms with Gasteiger partial charge < -0.3 is 25.2 Å². The van der Waals surface area contributed by atoms with Crippen LogP contribution in [-0.2, 0) is 4.74 Å². The van der Waals surface area contributed by atoms with Crippen molar-refractivity contribution in [2.24, 2.45) is 29.6 Å². The van der Waals surface area contributed by atoms with Gasteiger partial charge >= 0.3 is 0 Å². The van der Waals surface area contributed by atoms with E-state index in [4.69, 9.17) is 4.74 Å². The summed E-state index contributed by atoms with van der Waals surface area (Å²) in [5, 5.41) is 40.9. The van der Waals surface area contributed by atoms with Crippen LogP contribution in [0.15, 0.2) is 35.5 Å². The lowest BCUT2D eigenvalue weighted by Gasteiger charge is -2.50. The number of aliphatic hydroxyl groups is 4. The molecule has 10 atom stereocenters. The Kier molecular flexibility index (Phi) is 6.72. The molecular formula is C25H40O5. The van der Waals surface area contributed by atoms with Crippen LogP contribution in [0.25, 0.3) is 0 Å². The standard InChI is InChI=1S/C25H40O5/c1-7-14(2)21-17(10-8-9-15(3)22(28)16(4)13-26)18-11-20(27)24(5,29)12-19(18)23-25(21,6)30-23/h7-10,16-23,26-29H,11-13H2,1-6H3/b10-8+,14-7+,15-9+/t16-,17+,18+,19-,20-,21+,22+,23+,24-,25-/m1/s1. The fraction of sp³-hybridized carbons (Fsp3) is 0.760. The molecule has 0 bridgehead atoms. The van der Waals surface area contributed by atoms with E-state index in [1.165, 1.54) is 5.57 Å². The quantitative estimate of drug-likeness (QED) is 0.301. The van der Waals surface area contributed by atoms with Crippen molar-refractivity contribution in [2.45, 2.75) is 83.9 Å². The smallest absolute Gasteiger partial charge is 0.0993 e. The van der Waals surface area contributed by atoms with Crippen LogP contribution in [0.2, 0.25) is 0 Å². The molecule has 0 aromatic carbocycles. The normalized spacial score (nSPS) is 46.3. The minimum absolute atomic E-state index is 0.0557. The second-order valence-electron chi connectivity index (χ2n) is 10.4. The highest BCUT2D eigenvalue weighted by Crippen LogP contribution is 2.64. The summed E-state index contributed by atoms with van der Waals surface area (Å²) in [6.45, 7) is 11.8. The predicted molar refractivity (Wildman–Crippen MR) is 118 cm³/mol. The Morgan fingerprint density at radius 2 is 1.90 bits per heavy atom. The van der Waals surface area contributed by atoms with E-state index in [9.17, 15) is 20.4 Å². The maximum absolute atomic E-state index is 10.7. The Hall–Kier alpha value is -0.980. The van der Waals surface area contributed by atoms with Gasteiger partial charge in [0.1, 0.15) is 0 Å². The third-order valence-corrected chi connectivity index (χ3v) is 8.12. The van der Waals surface area contributed by atoms with E-state index >= 15 is 0 Å². The Bertz CT molecular complexity index is 723. The zero-order chi connectivity index (χ0) is 22.4. The predicted octanol–water partition coefficient (Wildman–Crippen LogP) is 2.99. The summed E-state index contributed by atoms with van der Waals surface area (Å²) in [4.78, 5) is 0. The lowest BCUT2D eigenvalue weighted by molar-refractivity contribution is -0.131. The summed E-state index contributed by atoms with van der Waals surface area (Å²) >= 11 is 0. The Labute approximate surface area is 181 Å². The van der Waals surface area contributed by atoms with E-state index < -0.39 is 17.8 Å².